The average molecular weight is 283 g/mol. The van der Waals surface area contributed by atoms with Crippen LogP contribution in [0.3, 0.4) is 0 Å². The molecule has 0 saturated heterocycles. The highest BCUT2D eigenvalue weighted by Gasteiger charge is 2.28. The number of carbonyl (C=O) groups is 1. The van der Waals surface area contributed by atoms with Crippen molar-refractivity contribution in [2.75, 3.05) is 0 Å². The first-order valence-corrected chi connectivity index (χ1v) is 7.09. The van der Waals surface area contributed by atoms with E-state index in [-0.39, 0.29) is 18.0 Å². The standard InChI is InChI=1S/C17H17NO3/c1-11-2-4-12(5-3-11)15-9-6-13(10-16(19)20)17(21)18(15)14-7-8-14/h2-6,9,14H,7-8,10H2,1H3,(H,19,20). The molecule has 1 heterocycles. The Labute approximate surface area is 122 Å². The molecule has 0 unspecified atom stereocenters. The minimum Gasteiger partial charge on any atom is -0.481 e. The number of hydrogen-bond acceptors (Lipinski definition) is 2. The Bertz CT molecular complexity index is 740. The van der Waals surface area contributed by atoms with Gasteiger partial charge in [0.1, 0.15) is 0 Å². The maximum Gasteiger partial charge on any atom is 0.308 e. The van der Waals surface area contributed by atoms with Gasteiger partial charge in [-0.1, -0.05) is 35.9 Å². The third-order valence-electron chi connectivity index (χ3n) is 3.80. The number of aromatic nitrogens is 1. The monoisotopic (exact) mass is 283 g/mol. The predicted molar refractivity (Wildman–Crippen MR) is 80.5 cm³/mol. The number of carboxylic acid groups (broad SMARTS) is 1. The average Bonchev–Trinajstić information content (AvgIpc) is 3.26. The molecule has 0 radical (unpaired) electrons. The summed E-state index contributed by atoms with van der Waals surface area (Å²) in [6.45, 7) is 2.02. The molecule has 1 aromatic carbocycles. The van der Waals surface area contributed by atoms with E-state index in [0.29, 0.717) is 5.56 Å². The minimum atomic E-state index is -0.975. The normalized spacial score (nSPS) is 14.1. The fourth-order valence-electron chi connectivity index (χ4n) is 2.55. The molecule has 0 bridgehead atoms. The molecule has 0 atom stereocenters. The van der Waals surface area contributed by atoms with Gasteiger partial charge in [0.15, 0.2) is 0 Å². The predicted octanol–water partition coefficient (Wildman–Crippen LogP) is 2.79. The van der Waals surface area contributed by atoms with E-state index in [1.54, 1.807) is 10.6 Å². The molecule has 0 amide bonds. The summed E-state index contributed by atoms with van der Waals surface area (Å²) in [5.41, 5.74) is 3.22. The van der Waals surface area contributed by atoms with Crippen LogP contribution in [-0.4, -0.2) is 15.6 Å². The largest absolute Gasteiger partial charge is 0.481 e. The van der Waals surface area contributed by atoms with Crippen molar-refractivity contribution in [3.8, 4) is 11.3 Å². The van der Waals surface area contributed by atoms with Gasteiger partial charge in [-0.15, -0.1) is 0 Å². The summed E-state index contributed by atoms with van der Waals surface area (Å²) in [6, 6.07) is 11.7. The summed E-state index contributed by atoms with van der Waals surface area (Å²) in [5.74, 6) is -0.975. The fraction of sp³-hybridized carbons (Fsp3) is 0.294. The molecule has 1 saturated carbocycles. The Balaban J connectivity index is 2.12. The smallest absolute Gasteiger partial charge is 0.308 e. The lowest BCUT2D eigenvalue weighted by atomic mass is 10.1. The molecule has 0 spiro atoms. The molecule has 1 aliphatic carbocycles. The first-order valence-electron chi connectivity index (χ1n) is 7.09. The van der Waals surface area contributed by atoms with Gasteiger partial charge < -0.3 is 9.67 Å². The van der Waals surface area contributed by atoms with Gasteiger partial charge >= 0.3 is 5.97 Å². The van der Waals surface area contributed by atoms with Crippen LogP contribution in [0.2, 0.25) is 0 Å². The molecular weight excluding hydrogens is 266 g/mol. The topological polar surface area (TPSA) is 59.3 Å². The first kappa shape index (κ1) is 13.6. The lowest BCUT2D eigenvalue weighted by Crippen LogP contribution is -2.25. The summed E-state index contributed by atoms with van der Waals surface area (Å²) in [5, 5.41) is 8.91. The van der Waals surface area contributed by atoms with Crippen LogP contribution in [0.1, 0.15) is 30.0 Å². The molecule has 1 aliphatic rings. The molecule has 21 heavy (non-hydrogen) atoms. The van der Waals surface area contributed by atoms with Gasteiger partial charge in [-0.25, -0.2) is 0 Å². The second-order valence-electron chi connectivity index (χ2n) is 5.59. The van der Waals surface area contributed by atoms with E-state index in [4.69, 9.17) is 5.11 Å². The van der Waals surface area contributed by atoms with Crippen molar-refractivity contribution in [3.63, 3.8) is 0 Å². The summed E-state index contributed by atoms with van der Waals surface area (Å²) in [6.07, 6.45) is 1.74. The van der Waals surface area contributed by atoms with E-state index < -0.39 is 5.97 Å². The van der Waals surface area contributed by atoms with Gasteiger partial charge in [-0.2, -0.15) is 0 Å². The quantitative estimate of drug-likeness (QED) is 0.938. The maximum absolute atomic E-state index is 12.5. The maximum atomic E-state index is 12.5. The molecule has 0 aliphatic heterocycles. The third kappa shape index (κ3) is 2.75. The van der Waals surface area contributed by atoms with Gasteiger partial charge in [0.05, 0.1) is 12.1 Å². The number of benzene rings is 1. The number of carboxylic acids is 1. The summed E-state index contributed by atoms with van der Waals surface area (Å²) in [7, 11) is 0. The van der Waals surface area contributed by atoms with E-state index in [1.165, 1.54) is 5.56 Å². The Morgan fingerprint density at radius 3 is 2.43 bits per heavy atom. The summed E-state index contributed by atoms with van der Waals surface area (Å²) < 4.78 is 1.77. The minimum absolute atomic E-state index is 0.169. The Morgan fingerprint density at radius 1 is 1.19 bits per heavy atom. The third-order valence-corrected chi connectivity index (χ3v) is 3.80. The molecular formula is C17H17NO3. The number of hydrogen-bond donors (Lipinski definition) is 1. The van der Waals surface area contributed by atoms with Crippen LogP contribution >= 0.6 is 0 Å². The van der Waals surface area contributed by atoms with Crippen LogP contribution < -0.4 is 5.56 Å². The molecule has 4 heteroatoms. The summed E-state index contributed by atoms with van der Waals surface area (Å²) in [4.78, 5) is 23.4. The second-order valence-corrected chi connectivity index (χ2v) is 5.59. The van der Waals surface area contributed by atoms with Gasteiger partial charge in [-0.05, 0) is 31.4 Å². The van der Waals surface area contributed by atoms with Crippen LogP contribution in [0.5, 0.6) is 0 Å². The number of pyridine rings is 1. The van der Waals surface area contributed by atoms with Crippen molar-refractivity contribution in [1.82, 2.24) is 4.57 Å². The second kappa shape index (κ2) is 5.20. The van der Waals surface area contributed by atoms with Crippen molar-refractivity contribution >= 4 is 5.97 Å². The van der Waals surface area contributed by atoms with Gasteiger partial charge in [0.2, 0.25) is 0 Å². The molecule has 1 N–H and O–H groups in total. The Morgan fingerprint density at radius 2 is 1.86 bits per heavy atom. The van der Waals surface area contributed by atoms with Gasteiger partial charge in [-0.3, -0.25) is 9.59 Å². The van der Waals surface area contributed by atoms with Crippen LogP contribution in [0.15, 0.2) is 41.2 Å². The molecule has 108 valence electrons. The first-order chi connectivity index (χ1) is 10.1. The highest BCUT2D eigenvalue weighted by Crippen LogP contribution is 2.37. The van der Waals surface area contributed by atoms with Crippen molar-refractivity contribution in [2.45, 2.75) is 32.2 Å². The highest BCUT2D eigenvalue weighted by molar-refractivity contribution is 5.70. The Hall–Kier alpha value is -2.36. The lowest BCUT2D eigenvalue weighted by molar-refractivity contribution is -0.136. The molecule has 1 aromatic heterocycles. The van der Waals surface area contributed by atoms with Crippen LogP contribution in [0.25, 0.3) is 11.3 Å². The van der Waals surface area contributed by atoms with Gasteiger partial charge in [0, 0.05) is 11.6 Å². The van der Waals surface area contributed by atoms with Crippen LogP contribution in [0.4, 0.5) is 0 Å². The van der Waals surface area contributed by atoms with E-state index >= 15 is 0 Å². The van der Waals surface area contributed by atoms with E-state index in [2.05, 4.69) is 0 Å². The molecule has 2 aromatic rings. The zero-order valence-electron chi connectivity index (χ0n) is 11.9. The van der Waals surface area contributed by atoms with E-state index in [9.17, 15) is 9.59 Å². The van der Waals surface area contributed by atoms with E-state index in [0.717, 1.165) is 24.1 Å². The van der Waals surface area contributed by atoms with Crippen molar-refractivity contribution in [3.05, 3.63) is 57.9 Å². The zero-order chi connectivity index (χ0) is 15.0. The Kier molecular flexibility index (Phi) is 3.37. The zero-order valence-corrected chi connectivity index (χ0v) is 11.9. The number of rotatable bonds is 4. The number of aryl methyl sites for hydroxylation is 1. The van der Waals surface area contributed by atoms with Crippen molar-refractivity contribution in [2.24, 2.45) is 0 Å². The van der Waals surface area contributed by atoms with Crippen molar-refractivity contribution in [1.29, 1.82) is 0 Å². The molecule has 4 nitrogen and oxygen atoms in total. The highest BCUT2D eigenvalue weighted by atomic mass is 16.4. The molecule has 3 rings (SSSR count). The van der Waals surface area contributed by atoms with E-state index in [1.807, 2.05) is 37.3 Å². The lowest BCUT2D eigenvalue weighted by Gasteiger charge is -2.14. The summed E-state index contributed by atoms with van der Waals surface area (Å²) >= 11 is 0. The molecule has 1 fully saturated rings. The fourth-order valence-corrected chi connectivity index (χ4v) is 2.55. The SMILES string of the molecule is Cc1ccc(-c2ccc(CC(=O)O)c(=O)n2C2CC2)cc1. The van der Waals surface area contributed by atoms with Crippen molar-refractivity contribution < 1.29 is 9.90 Å². The number of aliphatic carboxylic acids is 1. The van der Waals surface area contributed by atoms with Gasteiger partial charge in [0.25, 0.3) is 5.56 Å². The number of nitrogens with zero attached hydrogens (tertiary/aromatic N) is 1. The van der Waals surface area contributed by atoms with Crippen LogP contribution in [-0.2, 0) is 11.2 Å². The van der Waals surface area contributed by atoms with Crippen LogP contribution in [0, 0.1) is 6.92 Å².